The third-order valence-corrected chi connectivity index (χ3v) is 18.1. The molecule has 1 nitrogen and oxygen atoms in total. The van der Waals surface area contributed by atoms with Crippen molar-refractivity contribution in [2.75, 3.05) is 0 Å². The Hall–Kier alpha value is -1.00. The zero-order valence-corrected chi connectivity index (χ0v) is 18.9. The van der Waals surface area contributed by atoms with Crippen molar-refractivity contribution in [3.8, 4) is 0 Å². The predicted octanol–water partition coefficient (Wildman–Crippen LogP) is 5.63. The Morgan fingerprint density at radius 3 is 1.12 bits per heavy atom. The Kier molecular flexibility index (Phi) is 5.22. The van der Waals surface area contributed by atoms with E-state index in [1.165, 1.54) is 15.9 Å². The van der Waals surface area contributed by atoms with Crippen LogP contribution in [0.4, 0.5) is 0 Å². The van der Waals surface area contributed by atoms with Crippen LogP contribution < -0.4 is 15.9 Å². The van der Waals surface area contributed by atoms with Crippen LogP contribution >= 0.6 is 26.5 Å². The van der Waals surface area contributed by atoms with E-state index in [0.29, 0.717) is 0 Å². The molecule has 25 heavy (non-hydrogen) atoms. The molecule has 0 N–H and O–H groups in total. The number of hydrogen-bond donors (Lipinski definition) is 0. The Morgan fingerprint density at radius 2 is 0.880 bits per heavy atom. The van der Waals surface area contributed by atoms with Crippen LogP contribution in [0.2, 0.25) is 19.6 Å². The summed E-state index contributed by atoms with van der Waals surface area (Å²) in [5.41, 5.74) is 0. The van der Waals surface area contributed by atoms with Crippen molar-refractivity contribution < 1.29 is 4.21 Å². The van der Waals surface area contributed by atoms with E-state index >= 15 is 0 Å². The average Bonchev–Trinajstić information content (AvgIpc) is 2.63. The maximum atomic E-state index is 7.23. The molecule has 0 atom stereocenters. The minimum atomic E-state index is -3.04. The summed E-state index contributed by atoms with van der Waals surface area (Å²) in [4.78, 5) is 0. The number of halogens is 1. The molecular formula is C21H24IOPSi. The van der Waals surface area contributed by atoms with E-state index in [1.807, 2.05) is 0 Å². The third-order valence-electron chi connectivity index (χ3n) is 4.10. The predicted molar refractivity (Wildman–Crippen MR) is 124 cm³/mol. The van der Waals surface area contributed by atoms with Crippen LogP contribution in [0.3, 0.4) is 0 Å². The molecule has 0 heterocycles. The van der Waals surface area contributed by atoms with Gasteiger partial charge in [0, 0.05) is 0 Å². The van der Waals surface area contributed by atoms with Crippen LogP contribution in [0, 0.1) is 0 Å². The molecule has 0 fully saturated rings. The first-order chi connectivity index (χ1) is 11.8. The second-order valence-electron chi connectivity index (χ2n) is 7.14. The first-order valence-corrected chi connectivity index (χ1v) is 16.8. The molecule has 3 rings (SSSR count). The zero-order valence-electron chi connectivity index (χ0n) is 14.9. The van der Waals surface area contributed by atoms with Crippen molar-refractivity contribution in [2.24, 2.45) is 0 Å². The average molecular weight is 478 g/mol. The van der Waals surface area contributed by atoms with Gasteiger partial charge in [0.1, 0.15) is 0 Å². The summed E-state index contributed by atoms with van der Waals surface area (Å²) in [7, 11) is -1.86. The van der Waals surface area contributed by atoms with E-state index in [4.69, 9.17) is 4.21 Å². The van der Waals surface area contributed by atoms with E-state index in [2.05, 4.69) is 133 Å². The summed E-state index contributed by atoms with van der Waals surface area (Å²) in [5, 5.41) is 3.82. The molecule has 0 bridgehead atoms. The molecular weight excluding hydrogens is 454 g/mol. The van der Waals surface area contributed by atoms with Crippen LogP contribution in [-0.4, -0.2) is 8.32 Å². The van der Waals surface area contributed by atoms with Crippen LogP contribution in [0.15, 0.2) is 91.0 Å². The van der Waals surface area contributed by atoms with E-state index in [0.717, 1.165) is 0 Å². The number of rotatable bonds is 5. The molecule has 3 aromatic rings. The van der Waals surface area contributed by atoms with Gasteiger partial charge in [-0.05, 0) is 0 Å². The first kappa shape index (κ1) is 18.8. The van der Waals surface area contributed by atoms with Gasteiger partial charge in [0.05, 0.1) is 0 Å². The van der Waals surface area contributed by atoms with Crippen LogP contribution in [0.25, 0.3) is 0 Å². The van der Waals surface area contributed by atoms with Gasteiger partial charge in [-0.15, -0.1) is 0 Å². The maximum absolute atomic E-state index is 7.23. The van der Waals surface area contributed by atoms with Crippen molar-refractivity contribution in [1.29, 1.82) is 0 Å². The van der Waals surface area contributed by atoms with Crippen molar-refractivity contribution in [3.63, 3.8) is 0 Å². The van der Waals surface area contributed by atoms with Gasteiger partial charge in [-0.2, -0.15) is 0 Å². The van der Waals surface area contributed by atoms with E-state index in [9.17, 15) is 0 Å². The molecule has 0 aliphatic heterocycles. The minimum absolute atomic E-state index is 1.27. The second-order valence-corrected chi connectivity index (χ2v) is 21.0. The van der Waals surface area contributed by atoms with E-state index < -0.39 is 12.8 Å². The van der Waals surface area contributed by atoms with Crippen LogP contribution in [0.1, 0.15) is 0 Å². The SMILES string of the molecule is C[Si](C)(C)OP(I)(c1ccccc1)(c1ccccc1)c1ccccc1. The molecule has 0 amide bonds. The summed E-state index contributed by atoms with van der Waals surface area (Å²) in [6.07, 6.45) is 0. The zero-order chi connectivity index (χ0) is 18.0. The topological polar surface area (TPSA) is 9.23 Å². The first-order valence-electron chi connectivity index (χ1n) is 8.46. The molecule has 130 valence electrons. The van der Waals surface area contributed by atoms with E-state index in [-0.39, 0.29) is 0 Å². The Bertz CT molecular complexity index is 733. The monoisotopic (exact) mass is 478 g/mol. The number of benzene rings is 3. The molecule has 0 aliphatic carbocycles. The van der Waals surface area contributed by atoms with Gasteiger partial charge in [-0.1, -0.05) is 0 Å². The van der Waals surface area contributed by atoms with E-state index in [1.54, 1.807) is 0 Å². The second kappa shape index (κ2) is 6.96. The van der Waals surface area contributed by atoms with Gasteiger partial charge < -0.3 is 0 Å². The third kappa shape index (κ3) is 3.48. The molecule has 0 aliphatic rings. The quantitative estimate of drug-likeness (QED) is 0.262. The van der Waals surface area contributed by atoms with Gasteiger partial charge in [-0.25, -0.2) is 0 Å². The van der Waals surface area contributed by atoms with Crippen molar-refractivity contribution in [1.82, 2.24) is 0 Å². The Balaban J connectivity index is 2.45. The fourth-order valence-electron chi connectivity index (χ4n) is 3.20. The van der Waals surface area contributed by atoms with Crippen molar-refractivity contribution in [3.05, 3.63) is 91.0 Å². The van der Waals surface area contributed by atoms with Crippen LogP contribution in [0.5, 0.6) is 0 Å². The fraction of sp³-hybridized carbons (Fsp3) is 0.143. The summed E-state index contributed by atoms with van der Waals surface area (Å²) in [6.45, 7) is 6.84. The molecule has 0 radical (unpaired) electrons. The van der Waals surface area contributed by atoms with Gasteiger partial charge in [-0.3, -0.25) is 0 Å². The standard InChI is InChI=1S/C21H24IOPSi/c1-25(2,3)23-24(22,19-13-7-4-8-14-19,20-15-9-5-10-16-20)21-17-11-6-12-18-21/h4-18H,1-3H3. The molecule has 0 spiro atoms. The van der Waals surface area contributed by atoms with Gasteiger partial charge in [0.15, 0.2) is 0 Å². The summed E-state index contributed by atoms with van der Waals surface area (Å²) in [6, 6.07) is 32.3. The Morgan fingerprint density at radius 1 is 0.600 bits per heavy atom. The fourth-order valence-corrected chi connectivity index (χ4v) is 19.8. The molecule has 0 unspecified atom stereocenters. The summed E-state index contributed by atoms with van der Waals surface area (Å²) < 4.78 is 4.19. The van der Waals surface area contributed by atoms with Gasteiger partial charge in [0.2, 0.25) is 0 Å². The van der Waals surface area contributed by atoms with Gasteiger partial charge in [0.25, 0.3) is 0 Å². The van der Waals surface area contributed by atoms with Crippen molar-refractivity contribution in [2.45, 2.75) is 19.6 Å². The molecule has 3 aromatic carbocycles. The van der Waals surface area contributed by atoms with Crippen molar-refractivity contribution >= 4 is 50.7 Å². The van der Waals surface area contributed by atoms with Gasteiger partial charge >= 0.3 is 166 Å². The normalized spacial score (nSPS) is 13.8. The molecule has 0 aromatic heterocycles. The summed E-state index contributed by atoms with van der Waals surface area (Å²) in [5.74, 6) is 0. The number of hydrogen-bond acceptors (Lipinski definition) is 1. The molecule has 0 saturated carbocycles. The molecule has 0 saturated heterocycles. The summed E-state index contributed by atoms with van der Waals surface area (Å²) >= 11 is 2.67. The van der Waals surface area contributed by atoms with Crippen LogP contribution in [-0.2, 0) is 4.21 Å². The molecule has 4 heteroatoms. The Labute approximate surface area is 165 Å².